The van der Waals surface area contributed by atoms with Gasteiger partial charge in [-0.3, -0.25) is 15.0 Å². The number of aliphatic hydroxyl groups excluding tert-OH is 1. The summed E-state index contributed by atoms with van der Waals surface area (Å²) >= 11 is 0. The Balaban J connectivity index is 2.23. The molecular formula is C11H19N7O3. The van der Waals surface area contributed by atoms with Crippen LogP contribution in [0.5, 0.6) is 0 Å². The van der Waals surface area contributed by atoms with Crippen LogP contribution < -0.4 is 16.2 Å². The molecule has 2 rings (SSSR count). The number of hydrogen-bond acceptors (Lipinski definition) is 9. The van der Waals surface area contributed by atoms with Crippen molar-refractivity contribution in [1.82, 2.24) is 14.9 Å². The van der Waals surface area contributed by atoms with Crippen molar-refractivity contribution >= 4 is 17.3 Å². The molecule has 1 aromatic rings. The molecule has 0 spiro atoms. The highest BCUT2D eigenvalue weighted by Crippen LogP contribution is 2.31. The van der Waals surface area contributed by atoms with Crippen LogP contribution in [0.3, 0.4) is 0 Å². The lowest BCUT2D eigenvalue weighted by atomic mass is 10.3. The molecule has 2 heterocycles. The average molecular weight is 297 g/mol. The predicted molar refractivity (Wildman–Crippen MR) is 76.9 cm³/mol. The standard InChI is InChI=1S/C11H19N7O3/c12-15-10-9(18(20)21)11(14-8-13-10)17-3-1-2-16(4-5-17)6-7-19/h8,19H,1-7,12H2,(H,13,14,15). The third kappa shape index (κ3) is 3.54. The maximum Gasteiger partial charge on any atom is 0.354 e. The third-order valence-electron chi connectivity index (χ3n) is 3.43. The molecule has 1 fully saturated rings. The first-order chi connectivity index (χ1) is 10.2. The van der Waals surface area contributed by atoms with Gasteiger partial charge in [-0.2, -0.15) is 0 Å². The molecule has 1 aliphatic rings. The fraction of sp³-hybridized carbons (Fsp3) is 0.636. The zero-order chi connectivity index (χ0) is 15.2. The Morgan fingerprint density at radius 1 is 1.38 bits per heavy atom. The molecule has 0 bridgehead atoms. The summed E-state index contributed by atoms with van der Waals surface area (Å²) in [5.41, 5.74) is 2.03. The summed E-state index contributed by atoms with van der Waals surface area (Å²) in [5.74, 6) is 5.55. The van der Waals surface area contributed by atoms with Gasteiger partial charge in [0, 0.05) is 26.2 Å². The van der Waals surface area contributed by atoms with E-state index in [1.807, 2.05) is 4.90 Å². The molecule has 1 saturated heterocycles. The number of nitrogens with two attached hydrogens (primary N) is 1. The van der Waals surface area contributed by atoms with E-state index < -0.39 is 4.92 Å². The van der Waals surface area contributed by atoms with Gasteiger partial charge in [0.1, 0.15) is 6.33 Å². The minimum atomic E-state index is -0.527. The number of nitrogens with one attached hydrogen (secondary N) is 1. The van der Waals surface area contributed by atoms with E-state index in [-0.39, 0.29) is 23.9 Å². The van der Waals surface area contributed by atoms with Crippen LogP contribution >= 0.6 is 0 Å². The highest BCUT2D eigenvalue weighted by molar-refractivity contribution is 5.69. The van der Waals surface area contributed by atoms with Crippen LogP contribution in [-0.4, -0.2) is 64.2 Å². The number of hydrogen-bond donors (Lipinski definition) is 3. The van der Waals surface area contributed by atoms with Gasteiger partial charge >= 0.3 is 5.69 Å². The van der Waals surface area contributed by atoms with Crippen molar-refractivity contribution in [2.45, 2.75) is 6.42 Å². The summed E-state index contributed by atoms with van der Waals surface area (Å²) in [6, 6.07) is 0. The van der Waals surface area contributed by atoms with Gasteiger partial charge in [-0.05, 0) is 13.0 Å². The van der Waals surface area contributed by atoms with Crippen molar-refractivity contribution in [3.63, 3.8) is 0 Å². The van der Waals surface area contributed by atoms with Crippen LogP contribution in [0.25, 0.3) is 0 Å². The summed E-state index contributed by atoms with van der Waals surface area (Å²) in [5, 5.41) is 20.2. The lowest BCUT2D eigenvalue weighted by Crippen LogP contribution is -2.33. The Hall–Kier alpha value is -2.04. The minimum absolute atomic E-state index is 0.00135. The number of nitro groups is 1. The average Bonchev–Trinajstić information content (AvgIpc) is 2.72. The predicted octanol–water partition coefficient (Wildman–Crippen LogP) is -0.825. The summed E-state index contributed by atoms with van der Waals surface area (Å²) in [4.78, 5) is 22.5. The molecule has 116 valence electrons. The zero-order valence-electron chi connectivity index (χ0n) is 11.6. The van der Waals surface area contributed by atoms with Crippen molar-refractivity contribution < 1.29 is 10.0 Å². The maximum absolute atomic E-state index is 11.3. The van der Waals surface area contributed by atoms with E-state index in [1.165, 1.54) is 6.33 Å². The number of aromatic nitrogens is 2. The van der Waals surface area contributed by atoms with E-state index in [0.717, 1.165) is 13.0 Å². The Bertz CT molecular complexity index is 499. The lowest BCUT2D eigenvalue weighted by Gasteiger charge is -2.22. The number of nitrogens with zero attached hydrogens (tertiary/aromatic N) is 5. The molecule has 1 aliphatic heterocycles. The van der Waals surface area contributed by atoms with Crippen molar-refractivity contribution in [2.75, 3.05) is 49.7 Å². The highest BCUT2D eigenvalue weighted by Gasteiger charge is 2.27. The molecular weight excluding hydrogens is 278 g/mol. The summed E-state index contributed by atoms with van der Waals surface area (Å²) < 4.78 is 0. The fourth-order valence-electron chi connectivity index (χ4n) is 2.42. The van der Waals surface area contributed by atoms with Crippen LogP contribution in [-0.2, 0) is 0 Å². The summed E-state index contributed by atoms with van der Waals surface area (Å²) in [6.45, 7) is 3.53. The number of nitrogen functional groups attached to an aromatic ring is 1. The van der Waals surface area contributed by atoms with E-state index in [2.05, 4.69) is 20.3 Å². The second-order valence-corrected chi connectivity index (χ2v) is 4.70. The highest BCUT2D eigenvalue weighted by atomic mass is 16.6. The van der Waals surface area contributed by atoms with Gasteiger partial charge in [0.2, 0.25) is 11.6 Å². The maximum atomic E-state index is 11.3. The molecule has 0 aromatic carbocycles. The molecule has 0 radical (unpaired) electrons. The number of hydrazine groups is 1. The van der Waals surface area contributed by atoms with Crippen LogP contribution in [0.15, 0.2) is 6.33 Å². The molecule has 21 heavy (non-hydrogen) atoms. The van der Waals surface area contributed by atoms with Crippen molar-refractivity contribution in [3.8, 4) is 0 Å². The molecule has 0 atom stereocenters. The van der Waals surface area contributed by atoms with Gasteiger partial charge in [0.25, 0.3) is 0 Å². The van der Waals surface area contributed by atoms with E-state index >= 15 is 0 Å². The Kier molecular flexibility index (Phi) is 5.20. The Morgan fingerprint density at radius 2 is 2.19 bits per heavy atom. The zero-order valence-corrected chi connectivity index (χ0v) is 11.6. The molecule has 4 N–H and O–H groups in total. The van der Waals surface area contributed by atoms with Crippen LogP contribution in [0.4, 0.5) is 17.3 Å². The first-order valence-electron chi connectivity index (χ1n) is 6.71. The van der Waals surface area contributed by atoms with Crippen molar-refractivity contribution in [3.05, 3.63) is 16.4 Å². The Labute approximate surface area is 121 Å². The van der Waals surface area contributed by atoms with E-state index in [4.69, 9.17) is 10.9 Å². The molecule has 1 aromatic heterocycles. The van der Waals surface area contributed by atoms with Crippen LogP contribution in [0.2, 0.25) is 0 Å². The number of aliphatic hydroxyl groups is 1. The van der Waals surface area contributed by atoms with Gasteiger partial charge in [-0.1, -0.05) is 0 Å². The number of rotatable bonds is 5. The first kappa shape index (κ1) is 15.4. The van der Waals surface area contributed by atoms with Gasteiger partial charge < -0.3 is 15.4 Å². The molecule has 0 aliphatic carbocycles. The van der Waals surface area contributed by atoms with E-state index in [1.54, 1.807) is 0 Å². The minimum Gasteiger partial charge on any atom is -0.395 e. The second-order valence-electron chi connectivity index (χ2n) is 4.70. The van der Waals surface area contributed by atoms with Gasteiger partial charge in [0.05, 0.1) is 11.5 Å². The Morgan fingerprint density at radius 3 is 2.86 bits per heavy atom. The largest absolute Gasteiger partial charge is 0.395 e. The lowest BCUT2D eigenvalue weighted by molar-refractivity contribution is -0.383. The molecule has 0 unspecified atom stereocenters. The van der Waals surface area contributed by atoms with Crippen molar-refractivity contribution in [2.24, 2.45) is 5.84 Å². The summed E-state index contributed by atoms with van der Waals surface area (Å²) in [7, 11) is 0. The third-order valence-corrected chi connectivity index (χ3v) is 3.43. The molecule has 10 heteroatoms. The number of β-amino-alcohol motifs (C(OH)–C–C–N with tert-alkyl or cyclic N) is 1. The second kappa shape index (κ2) is 7.11. The van der Waals surface area contributed by atoms with Gasteiger partial charge in [0.15, 0.2) is 0 Å². The number of anilines is 2. The van der Waals surface area contributed by atoms with E-state index in [9.17, 15) is 10.1 Å². The smallest absolute Gasteiger partial charge is 0.354 e. The molecule has 0 saturated carbocycles. The van der Waals surface area contributed by atoms with Gasteiger partial charge in [-0.25, -0.2) is 15.8 Å². The van der Waals surface area contributed by atoms with Crippen LogP contribution in [0.1, 0.15) is 6.42 Å². The van der Waals surface area contributed by atoms with Crippen molar-refractivity contribution in [1.29, 1.82) is 0 Å². The normalized spacial score (nSPS) is 16.6. The summed E-state index contributed by atoms with van der Waals surface area (Å²) in [6.07, 6.45) is 2.10. The monoisotopic (exact) mass is 297 g/mol. The quantitative estimate of drug-likeness (QED) is 0.362. The fourth-order valence-corrected chi connectivity index (χ4v) is 2.42. The first-order valence-corrected chi connectivity index (χ1v) is 6.71. The molecule has 10 nitrogen and oxygen atoms in total. The van der Waals surface area contributed by atoms with Crippen LogP contribution in [0, 0.1) is 10.1 Å². The topological polar surface area (TPSA) is 134 Å². The SMILES string of the molecule is NNc1ncnc(N2CCCN(CCO)CC2)c1[N+](=O)[O-]. The molecule has 0 amide bonds. The van der Waals surface area contributed by atoms with E-state index in [0.29, 0.717) is 26.2 Å². The van der Waals surface area contributed by atoms with Gasteiger partial charge in [-0.15, -0.1) is 0 Å².